The van der Waals surface area contributed by atoms with Crippen LogP contribution in [0.4, 0.5) is 5.82 Å². The van der Waals surface area contributed by atoms with Crippen LogP contribution in [0.1, 0.15) is 13.3 Å². The fourth-order valence-corrected chi connectivity index (χ4v) is 2.60. The van der Waals surface area contributed by atoms with Crippen LogP contribution in [0.2, 0.25) is 0 Å². The van der Waals surface area contributed by atoms with Gasteiger partial charge in [-0.05, 0) is 41.4 Å². The fourth-order valence-electron chi connectivity index (χ4n) is 2.60. The molecule has 1 N–H and O–H groups in total. The topological polar surface area (TPSA) is 71.2 Å². The third kappa shape index (κ3) is 1.90. The molecule has 0 spiro atoms. The Kier molecular flexibility index (Phi) is 2.62. The van der Waals surface area contributed by atoms with Crippen molar-refractivity contribution < 1.29 is 0 Å². The lowest BCUT2D eigenvalue weighted by Gasteiger charge is -2.24. The summed E-state index contributed by atoms with van der Waals surface area (Å²) < 4.78 is 1.48. The molecule has 18 heavy (non-hydrogen) atoms. The summed E-state index contributed by atoms with van der Waals surface area (Å²) in [7, 11) is 2.00. The van der Waals surface area contributed by atoms with E-state index >= 15 is 0 Å². The zero-order valence-corrected chi connectivity index (χ0v) is 10.7. The van der Waals surface area contributed by atoms with Crippen LogP contribution < -0.4 is 10.2 Å². The van der Waals surface area contributed by atoms with Crippen LogP contribution in [0.3, 0.4) is 0 Å². The van der Waals surface area contributed by atoms with E-state index in [0.717, 1.165) is 25.5 Å². The van der Waals surface area contributed by atoms with Gasteiger partial charge in [0.05, 0.1) is 0 Å². The number of fused-ring (bicyclic) bond motifs is 1. The van der Waals surface area contributed by atoms with Crippen LogP contribution in [-0.2, 0) is 0 Å². The number of nitrogens with one attached hydrogen (secondary N) is 1. The molecule has 3 rings (SSSR count). The molecule has 0 aliphatic carbocycles. The Labute approximate surface area is 105 Å². The zero-order valence-electron chi connectivity index (χ0n) is 10.7. The lowest BCUT2D eigenvalue weighted by atomic mass is 9.90. The first kappa shape index (κ1) is 11.3. The summed E-state index contributed by atoms with van der Waals surface area (Å²) in [5, 5.41) is 19.0. The number of anilines is 1. The number of hydrogen-bond acceptors (Lipinski definition) is 6. The predicted molar refractivity (Wildman–Crippen MR) is 67.4 cm³/mol. The Balaban J connectivity index is 1.83. The highest BCUT2D eigenvalue weighted by molar-refractivity contribution is 5.45. The van der Waals surface area contributed by atoms with Crippen molar-refractivity contribution in [1.82, 2.24) is 30.6 Å². The lowest BCUT2D eigenvalue weighted by molar-refractivity contribution is 0.355. The standard InChI is InChI=1S/C11H17N7/c1-11(7-12-2)5-6-17(8-11)10-4-3-9-13-15-16-18(9)14-10/h3-4,12H,5-8H2,1-2H3. The molecule has 0 saturated carbocycles. The summed E-state index contributed by atoms with van der Waals surface area (Å²) in [4.78, 5) is 2.29. The second-order valence-corrected chi connectivity index (χ2v) is 5.23. The van der Waals surface area contributed by atoms with Gasteiger partial charge in [0.15, 0.2) is 11.5 Å². The highest BCUT2D eigenvalue weighted by Gasteiger charge is 2.33. The maximum atomic E-state index is 4.43. The number of nitrogens with zero attached hydrogens (tertiary/aromatic N) is 6. The summed E-state index contributed by atoms with van der Waals surface area (Å²) in [6, 6.07) is 3.88. The van der Waals surface area contributed by atoms with Crippen LogP contribution in [0.25, 0.3) is 5.65 Å². The number of aromatic nitrogens is 5. The minimum Gasteiger partial charge on any atom is -0.355 e. The van der Waals surface area contributed by atoms with Crippen molar-refractivity contribution in [2.24, 2.45) is 5.41 Å². The van der Waals surface area contributed by atoms with E-state index in [0.29, 0.717) is 11.1 Å². The molecule has 1 atom stereocenters. The third-order valence-electron chi connectivity index (χ3n) is 3.54. The molecule has 1 fully saturated rings. The molecule has 96 valence electrons. The Morgan fingerprint density at radius 3 is 3.17 bits per heavy atom. The molecular formula is C11H17N7. The first-order valence-corrected chi connectivity index (χ1v) is 6.15. The van der Waals surface area contributed by atoms with Gasteiger partial charge < -0.3 is 10.2 Å². The number of tetrazole rings is 1. The molecule has 1 unspecified atom stereocenters. The Hall–Kier alpha value is -1.76. The summed E-state index contributed by atoms with van der Waals surface area (Å²) in [6.07, 6.45) is 1.17. The van der Waals surface area contributed by atoms with E-state index in [1.54, 1.807) is 0 Å². The van der Waals surface area contributed by atoms with E-state index in [2.05, 4.69) is 37.8 Å². The van der Waals surface area contributed by atoms with Crippen molar-refractivity contribution in [1.29, 1.82) is 0 Å². The Morgan fingerprint density at radius 1 is 1.44 bits per heavy atom. The molecule has 0 bridgehead atoms. The van der Waals surface area contributed by atoms with E-state index in [1.165, 1.54) is 11.1 Å². The molecule has 1 aliphatic heterocycles. The van der Waals surface area contributed by atoms with Gasteiger partial charge in [-0.2, -0.15) is 0 Å². The van der Waals surface area contributed by atoms with Crippen LogP contribution in [0, 0.1) is 5.41 Å². The highest BCUT2D eigenvalue weighted by atomic mass is 15.6. The van der Waals surface area contributed by atoms with Crippen molar-refractivity contribution in [2.45, 2.75) is 13.3 Å². The van der Waals surface area contributed by atoms with Crippen LogP contribution in [0.15, 0.2) is 12.1 Å². The van der Waals surface area contributed by atoms with E-state index in [1.807, 2.05) is 19.2 Å². The maximum absolute atomic E-state index is 4.43. The number of rotatable bonds is 3. The molecule has 0 amide bonds. The minimum absolute atomic E-state index is 0.312. The monoisotopic (exact) mass is 247 g/mol. The first-order valence-electron chi connectivity index (χ1n) is 6.15. The van der Waals surface area contributed by atoms with Crippen molar-refractivity contribution in [2.75, 3.05) is 31.6 Å². The van der Waals surface area contributed by atoms with Gasteiger partial charge in [0.1, 0.15) is 0 Å². The maximum Gasteiger partial charge on any atom is 0.200 e. The average molecular weight is 247 g/mol. The molecule has 1 saturated heterocycles. The van der Waals surface area contributed by atoms with Crippen molar-refractivity contribution >= 4 is 11.5 Å². The van der Waals surface area contributed by atoms with Crippen molar-refractivity contribution in [3.05, 3.63) is 12.1 Å². The van der Waals surface area contributed by atoms with Crippen LogP contribution >= 0.6 is 0 Å². The SMILES string of the molecule is CNCC1(C)CCN(c2ccc3nnnn3n2)C1. The van der Waals surface area contributed by atoms with E-state index < -0.39 is 0 Å². The molecular weight excluding hydrogens is 230 g/mol. The van der Waals surface area contributed by atoms with Gasteiger partial charge in [0, 0.05) is 19.6 Å². The Morgan fingerprint density at radius 2 is 2.33 bits per heavy atom. The van der Waals surface area contributed by atoms with Gasteiger partial charge in [0.2, 0.25) is 0 Å². The van der Waals surface area contributed by atoms with Crippen LogP contribution in [-0.4, -0.2) is 51.9 Å². The molecule has 1 aliphatic rings. The summed E-state index contributed by atoms with van der Waals surface area (Å²) in [6.45, 7) is 5.36. The predicted octanol–water partition coefficient (Wildman–Crippen LogP) is -0.0449. The second kappa shape index (κ2) is 4.16. The van der Waals surface area contributed by atoms with Gasteiger partial charge in [0.25, 0.3) is 0 Å². The van der Waals surface area contributed by atoms with Crippen molar-refractivity contribution in [3.8, 4) is 0 Å². The van der Waals surface area contributed by atoms with Gasteiger partial charge in [-0.1, -0.05) is 6.92 Å². The van der Waals surface area contributed by atoms with Gasteiger partial charge >= 0.3 is 0 Å². The number of hydrogen-bond donors (Lipinski definition) is 1. The van der Waals surface area contributed by atoms with Crippen LogP contribution in [0.5, 0.6) is 0 Å². The summed E-state index contributed by atoms with van der Waals surface area (Å²) >= 11 is 0. The van der Waals surface area contributed by atoms with Gasteiger partial charge in [-0.25, -0.2) is 0 Å². The smallest absolute Gasteiger partial charge is 0.200 e. The van der Waals surface area contributed by atoms with E-state index in [4.69, 9.17) is 0 Å². The molecule has 0 radical (unpaired) electrons. The fraction of sp³-hybridized carbons (Fsp3) is 0.636. The van der Waals surface area contributed by atoms with Gasteiger partial charge in [-0.15, -0.1) is 14.8 Å². The highest BCUT2D eigenvalue weighted by Crippen LogP contribution is 2.31. The third-order valence-corrected chi connectivity index (χ3v) is 3.54. The molecule has 2 aromatic heterocycles. The largest absolute Gasteiger partial charge is 0.355 e. The van der Waals surface area contributed by atoms with E-state index in [9.17, 15) is 0 Å². The zero-order chi connectivity index (χ0) is 12.6. The quantitative estimate of drug-likeness (QED) is 0.820. The summed E-state index contributed by atoms with van der Waals surface area (Å²) in [5.74, 6) is 0.939. The molecule has 3 heterocycles. The lowest BCUT2D eigenvalue weighted by Crippen LogP contribution is -2.33. The summed E-state index contributed by atoms with van der Waals surface area (Å²) in [5.41, 5.74) is 0.988. The molecule has 7 heteroatoms. The average Bonchev–Trinajstić information content (AvgIpc) is 2.95. The second-order valence-electron chi connectivity index (χ2n) is 5.23. The molecule has 2 aromatic rings. The van der Waals surface area contributed by atoms with E-state index in [-0.39, 0.29) is 0 Å². The first-order chi connectivity index (χ1) is 8.70. The van der Waals surface area contributed by atoms with Crippen molar-refractivity contribution in [3.63, 3.8) is 0 Å². The minimum atomic E-state index is 0.312. The molecule has 0 aromatic carbocycles. The normalized spacial score (nSPS) is 24.0. The molecule has 7 nitrogen and oxygen atoms in total. The Bertz CT molecular complexity index is 551. The van der Waals surface area contributed by atoms with Gasteiger partial charge in [-0.3, -0.25) is 0 Å².